The lowest BCUT2D eigenvalue weighted by atomic mass is 9.82. The van der Waals surface area contributed by atoms with Gasteiger partial charge in [-0.15, -0.1) is 0 Å². The largest absolute Gasteiger partial charge is 0.296 e. The van der Waals surface area contributed by atoms with E-state index < -0.39 is 11.6 Å². The van der Waals surface area contributed by atoms with Gasteiger partial charge in [-0.05, 0) is 44.8 Å². The van der Waals surface area contributed by atoms with E-state index in [1.165, 1.54) is 25.0 Å². The van der Waals surface area contributed by atoms with Gasteiger partial charge in [-0.25, -0.2) is 8.78 Å². The smallest absolute Gasteiger partial charge is 0.131 e. The van der Waals surface area contributed by atoms with Gasteiger partial charge in [0.1, 0.15) is 11.6 Å². The number of likely N-dealkylation sites (tertiary alicyclic amines) is 1. The predicted octanol–water partition coefficient (Wildman–Crippen LogP) is 2.88. The van der Waals surface area contributed by atoms with Gasteiger partial charge >= 0.3 is 0 Å². The number of halogens is 2. The minimum absolute atomic E-state index is 0.135. The Hall–Kier alpha value is -1.04. The molecule has 1 saturated heterocycles. The van der Waals surface area contributed by atoms with Crippen molar-refractivity contribution in [3.63, 3.8) is 0 Å². The third kappa shape index (κ3) is 2.58. The molecule has 1 aliphatic heterocycles. The molecule has 1 aromatic carbocycles. The van der Waals surface area contributed by atoms with Crippen molar-refractivity contribution in [3.8, 4) is 0 Å². The van der Waals surface area contributed by atoms with Crippen molar-refractivity contribution in [2.24, 2.45) is 5.84 Å². The number of rotatable bonds is 4. The molecule has 3 nitrogen and oxygen atoms in total. The van der Waals surface area contributed by atoms with Crippen LogP contribution in [0.3, 0.4) is 0 Å². The summed E-state index contributed by atoms with van der Waals surface area (Å²) >= 11 is 0. The maximum atomic E-state index is 14.2. The first-order chi connectivity index (χ1) is 10.2. The maximum Gasteiger partial charge on any atom is 0.131 e. The highest BCUT2D eigenvalue weighted by molar-refractivity contribution is 5.27. The number of hydrazine groups is 1. The van der Waals surface area contributed by atoms with Crippen LogP contribution in [0, 0.1) is 11.6 Å². The number of nitrogens with one attached hydrogen (secondary N) is 1. The van der Waals surface area contributed by atoms with E-state index >= 15 is 0 Å². The fraction of sp³-hybridized carbons (Fsp3) is 0.625. The average molecular weight is 295 g/mol. The van der Waals surface area contributed by atoms with Gasteiger partial charge in [0.2, 0.25) is 0 Å². The molecule has 1 aliphatic carbocycles. The highest BCUT2D eigenvalue weighted by Gasteiger charge is 2.47. The molecule has 3 N–H and O–H groups in total. The third-order valence-corrected chi connectivity index (χ3v) is 5.18. The van der Waals surface area contributed by atoms with E-state index in [4.69, 9.17) is 5.84 Å². The van der Waals surface area contributed by atoms with E-state index in [0.717, 1.165) is 44.8 Å². The molecule has 0 spiro atoms. The normalized spacial score (nSPS) is 23.6. The van der Waals surface area contributed by atoms with Crippen LogP contribution >= 0.6 is 0 Å². The summed E-state index contributed by atoms with van der Waals surface area (Å²) in [6.07, 6.45) is 6.67. The topological polar surface area (TPSA) is 41.3 Å². The molecule has 5 heteroatoms. The van der Waals surface area contributed by atoms with Crippen LogP contribution in [0.25, 0.3) is 0 Å². The molecule has 116 valence electrons. The Bertz CT molecular complexity index is 494. The van der Waals surface area contributed by atoms with E-state index in [0.29, 0.717) is 5.56 Å². The maximum absolute atomic E-state index is 14.2. The fourth-order valence-electron chi connectivity index (χ4n) is 4.21. The van der Waals surface area contributed by atoms with Gasteiger partial charge in [0.15, 0.2) is 0 Å². The molecule has 0 radical (unpaired) electrons. The number of hydrogen-bond acceptors (Lipinski definition) is 3. The quantitative estimate of drug-likeness (QED) is 0.663. The van der Waals surface area contributed by atoms with Crippen LogP contribution in [0.1, 0.15) is 50.1 Å². The van der Waals surface area contributed by atoms with Crippen LogP contribution in [-0.4, -0.2) is 23.5 Å². The molecule has 2 fully saturated rings. The Morgan fingerprint density at radius 3 is 2.33 bits per heavy atom. The number of hydrogen-bond donors (Lipinski definition) is 2. The van der Waals surface area contributed by atoms with E-state index in [-0.39, 0.29) is 11.6 Å². The van der Waals surface area contributed by atoms with Crippen molar-refractivity contribution in [2.45, 2.75) is 50.1 Å². The highest BCUT2D eigenvalue weighted by Crippen LogP contribution is 2.46. The molecule has 1 saturated carbocycles. The summed E-state index contributed by atoms with van der Waals surface area (Å²) in [6, 6.07) is 3.51. The highest BCUT2D eigenvalue weighted by atomic mass is 19.1. The Labute approximate surface area is 124 Å². The van der Waals surface area contributed by atoms with Gasteiger partial charge in [-0.2, -0.15) is 0 Å². The summed E-state index contributed by atoms with van der Waals surface area (Å²) in [7, 11) is 0. The van der Waals surface area contributed by atoms with Gasteiger partial charge < -0.3 is 0 Å². The summed E-state index contributed by atoms with van der Waals surface area (Å²) in [4.78, 5) is 2.47. The van der Waals surface area contributed by atoms with E-state index in [2.05, 4.69) is 10.3 Å². The number of nitrogens with two attached hydrogens (primary N) is 1. The molecule has 0 amide bonds. The van der Waals surface area contributed by atoms with Gasteiger partial charge in [-0.3, -0.25) is 16.2 Å². The van der Waals surface area contributed by atoms with E-state index in [9.17, 15) is 8.78 Å². The molecule has 1 atom stereocenters. The second-order valence-electron chi connectivity index (χ2n) is 6.27. The second kappa shape index (κ2) is 5.99. The van der Waals surface area contributed by atoms with Crippen LogP contribution < -0.4 is 11.3 Å². The zero-order chi connectivity index (χ0) is 14.9. The van der Waals surface area contributed by atoms with Crippen molar-refractivity contribution < 1.29 is 8.78 Å². The second-order valence-corrected chi connectivity index (χ2v) is 6.27. The zero-order valence-corrected chi connectivity index (χ0v) is 12.2. The molecule has 0 aromatic heterocycles. The van der Waals surface area contributed by atoms with Crippen LogP contribution in [0.15, 0.2) is 18.2 Å². The first kappa shape index (κ1) is 14.9. The molecule has 3 rings (SSSR count). The Kier molecular flexibility index (Phi) is 4.24. The van der Waals surface area contributed by atoms with Crippen LogP contribution in [0.2, 0.25) is 0 Å². The number of nitrogens with zero attached hydrogens (tertiary/aromatic N) is 1. The van der Waals surface area contributed by atoms with Crippen LogP contribution in [0.5, 0.6) is 0 Å². The molecule has 0 bridgehead atoms. The summed E-state index contributed by atoms with van der Waals surface area (Å²) in [6.45, 7) is 2.09. The Morgan fingerprint density at radius 1 is 1.10 bits per heavy atom. The predicted molar refractivity (Wildman–Crippen MR) is 78.4 cm³/mol. The summed E-state index contributed by atoms with van der Waals surface area (Å²) in [5, 5.41) is 0. The first-order valence-corrected chi connectivity index (χ1v) is 7.83. The summed E-state index contributed by atoms with van der Waals surface area (Å²) < 4.78 is 27.4. The molecule has 2 aliphatic rings. The van der Waals surface area contributed by atoms with Gasteiger partial charge in [0.25, 0.3) is 0 Å². The van der Waals surface area contributed by atoms with Gasteiger partial charge in [-0.1, -0.05) is 18.9 Å². The van der Waals surface area contributed by atoms with Crippen molar-refractivity contribution in [1.82, 2.24) is 10.3 Å². The minimum Gasteiger partial charge on any atom is -0.296 e. The lowest BCUT2D eigenvalue weighted by Crippen LogP contribution is -2.55. The molecule has 21 heavy (non-hydrogen) atoms. The lowest BCUT2D eigenvalue weighted by molar-refractivity contribution is 0.0749. The third-order valence-electron chi connectivity index (χ3n) is 5.18. The van der Waals surface area contributed by atoms with Crippen molar-refractivity contribution in [3.05, 3.63) is 35.4 Å². The van der Waals surface area contributed by atoms with Crippen LogP contribution in [0.4, 0.5) is 8.78 Å². The van der Waals surface area contributed by atoms with Crippen molar-refractivity contribution in [1.29, 1.82) is 0 Å². The van der Waals surface area contributed by atoms with E-state index in [1.54, 1.807) is 0 Å². The monoisotopic (exact) mass is 295 g/mol. The molecule has 1 heterocycles. The standard InChI is InChI=1S/C16H23F2N3/c17-12-5-6-13(14(18)11-12)15(20-19)16(7-1-2-8-16)21-9-3-4-10-21/h5-6,11,15,20H,1-4,7-10,19H2. The molecular formula is C16H23F2N3. The molecular weight excluding hydrogens is 272 g/mol. The average Bonchev–Trinajstić information content (AvgIpc) is 3.13. The van der Waals surface area contributed by atoms with E-state index in [1.807, 2.05) is 0 Å². The lowest BCUT2D eigenvalue weighted by Gasteiger charge is -2.45. The number of benzene rings is 1. The Balaban J connectivity index is 1.99. The first-order valence-electron chi connectivity index (χ1n) is 7.83. The summed E-state index contributed by atoms with van der Waals surface area (Å²) in [5.41, 5.74) is 3.18. The SMILES string of the molecule is NNC(c1ccc(F)cc1F)C1(N2CCCC2)CCCC1. The summed E-state index contributed by atoms with van der Waals surface area (Å²) in [5.74, 6) is 4.75. The Morgan fingerprint density at radius 2 is 1.76 bits per heavy atom. The zero-order valence-electron chi connectivity index (χ0n) is 12.2. The molecule has 1 aromatic rings. The minimum atomic E-state index is -0.548. The van der Waals surface area contributed by atoms with Crippen molar-refractivity contribution >= 4 is 0 Å². The van der Waals surface area contributed by atoms with Gasteiger partial charge in [0.05, 0.1) is 6.04 Å². The van der Waals surface area contributed by atoms with Crippen molar-refractivity contribution in [2.75, 3.05) is 13.1 Å². The van der Waals surface area contributed by atoms with Crippen LogP contribution in [-0.2, 0) is 0 Å². The fourth-order valence-corrected chi connectivity index (χ4v) is 4.21. The molecule has 1 unspecified atom stereocenters. The van der Waals surface area contributed by atoms with Gasteiger partial charge in [0, 0.05) is 17.2 Å².